The van der Waals surface area contributed by atoms with E-state index in [1.807, 2.05) is 24.3 Å². The summed E-state index contributed by atoms with van der Waals surface area (Å²) in [6, 6.07) is 7.70. The van der Waals surface area contributed by atoms with E-state index in [1.165, 1.54) is 5.56 Å². The van der Waals surface area contributed by atoms with Crippen LogP contribution in [-0.2, 0) is 11.2 Å². The van der Waals surface area contributed by atoms with Crippen LogP contribution in [0.4, 0.5) is 0 Å². The van der Waals surface area contributed by atoms with Gasteiger partial charge in [-0.1, -0.05) is 49.4 Å². The number of halogens is 3. The maximum Gasteiger partial charge on any atom is 0.323 e. The molecular weight excluding hydrogens is 371 g/mol. The Morgan fingerprint density at radius 3 is 2.12 bits per heavy atom. The Bertz CT molecular complexity index is 479. The molecule has 2 N–H and O–H groups in total. The zero-order valence-electron chi connectivity index (χ0n) is 13.6. The number of carbonyl (C=O) groups is 1. The molecular formula is C18H25Cl3O3. The van der Waals surface area contributed by atoms with Gasteiger partial charge in [0.25, 0.3) is 0 Å². The summed E-state index contributed by atoms with van der Waals surface area (Å²) < 4.78 is 0. The number of rotatable bonds is 12. The lowest BCUT2D eigenvalue weighted by molar-refractivity contribution is -0.136. The van der Waals surface area contributed by atoms with E-state index in [1.54, 1.807) is 0 Å². The Labute approximate surface area is 158 Å². The fourth-order valence-corrected chi connectivity index (χ4v) is 3.02. The maximum absolute atomic E-state index is 10.7. The van der Waals surface area contributed by atoms with Gasteiger partial charge >= 0.3 is 5.97 Å². The number of alkyl halides is 2. The Hall–Kier alpha value is -0.480. The predicted molar refractivity (Wildman–Crippen MR) is 100 cm³/mol. The SMILES string of the molecule is O=C(O)C(Cl)C(Cl)CCCCCCC(O)CCc1ccc(Cl)cc1. The van der Waals surface area contributed by atoms with Crippen molar-refractivity contribution in [2.24, 2.45) is 0 Å². The Morgan fingerprint density at radius 1 is 0.958 bits per heavy atom. The van der Waals surface area contributed by atoms with Gasteiger partial charge in [0.1, 0.15) is 5.38 Å². The normalized spacial score (nSPS) is 15.0. The van der Waals surface area contributed by atoms with E-state index in [-0.39, 0.29) is 6.10 Å². The average molecular weight is 396 g/mol. The van der Waals surface area contributed by atoms with Crippen LogP contribution < -0.4 is 0 Å². The molecule has 1 aromatic carbocycles. The monoisotopic (exact) mass is 394 g/mol. The largest absolute Gasteiger partial charge is 0.480 e. The third kappa shape index (κ3) is 9.12. The topological polar surface area (TPSA) is 57.5 Å². The average Bonchev–Trinajstić information content (AvgIpc) is 2.56. The first kappa shape index (κ1) is 21.6. The van der Waals surface area contributed by atoms with Crippen molar-refractivity contribution in [2.45, 2.75) is 68.2 Å². The number of aryl methyl sites for hydroxylation is 1. The van der Waals surface area contributed by atoms with E-state index in [0.717, 1.165) is 50.0 Å². The highest BCUT2D eigenvalue weighted by atomic mass is 35.5. The lowest BCUT2D eigenvalue weighted by Gasteiger charge is -2.12. The van der Waals surface area contributed by atoms with Crippen LogP contribution in [0, 0.1) is 0 Å². The van der Waals surface area contributed by atoms with Crippen molar-refractivity contribution >= 4 is 40.8 Å². The zero-order chi connectivity index (χ0) is 17.9. The Kier molecular flexibility index (Phi) is 10.8. The van der Waals surface area contributed by atoms with Gasteiger partial charge in [-0.05, 0) is 43.4 Å². The number of benzene rings is 1. The number of aliphatic hydroxyl groups is 1. The molecule has 0 amide bonds. The van der Waals surface area contributed by atoms with E-state index < -0.39 is 16.7 Å². The van der Waals surface area contributed by atoms with Gasteiger partial charge in [0.05, 0.1) is 11.5 Å². The van der Waals surface area contributed by atoms with Gasteiger partial charge in [0, 0.05) is 5.02 Å². The Balaban J connectivity index is 2.04. The molecule has 0 aliphatic rings. The highest BCUT2D eigenvalue weighted by Gasteiger charge is 2.23. The Morgan fingerprint density at radius 2 is 1.54 bits per heavy atom. The van der Waals surface area contributed by atoms with Crippen LogP contribution in [0.15, 0.2) is 24.3 Å². The molecule has 1 aromatic rings. The molecule has 3 atom stereocenters. The number of aliphatic carboxylic acids is 1. The number of carboxylic acids is 1. The van der Waals surface area contributed by atoms with Crippen molar-refractivity contribution in [3.63, 3.8) is 0 Å². The number of carboxylic acid groups (broad SMARTS) is 1. The second kappa shape index (κ2) is 12.0. The molecule has 1 rings (SSSR count). The summed E-state index contributed by atoms with van der Waals surface area (Å²) >= 11 is 17.5. The second-order valence-corrected chi connectivity index (χ2v) is 7.53. The third-order valence-electron chi connectivity index (χ3n) is 4.00. The zero-order valence-corrected chi connectivity index (χ0v) is 15.9. The van der Waals surface area contributed by atoms with Crippen LogP contribution in [0.25, 0.3) is 0 Å². The van der Waals surface area contributed by atoms with Crippen LogP contribution in [0.5, 0.6) is 0 Å². The lowest BCUT2D eigenvalue weighted by Crippen LogP contribution is -2.24. The van der Waals surface area contributed by atoms with Crippen LogP contribution in [0.2, 0.25) is 5.02 Å². The molecule has 6 heteroatoms. The van der Waals surface area contributed by atoms with E-state index in [2.05, 4.69) is 0 Å². The van der Waals surface area contributed by atoms with E-state index in [4.69, 9.17) is 39.9 Å². The van der Waals surface area contributed by atoms with Gasteiger partial charge in [0.15, 0.2) is 0 Å². The quantitative estimate of drug-likeness (QED) is 0.374. The molecule has 24 heavy (non-hydrogen) atoms. The van der Waals surface area contributed by atoms with E-state index in [9.17, 15) is 9.90 Å². The minimum Gasteiger partial charge on any atom is -0.480 e. The lowest BCUT2D eigenvalue weighted by atomic mass is 10.0. The van der Waals surface area contributed by atoms with Gasteiger partial charge in [-0.2, -0.15) is 0 Å². The van der Waals surface area contributed by atoms with Gasteiger partial charge in [-0.3, -0.25) is 4.79 Å². The number of unbranched alkanes of at least 4 members (excludes halogenated alkanes) is 3. The molecule has 0 radical (unpaired) electrons. The number of hydrogen-bond acceptors (Lipinski definition) is 2. The summed E-state index contributed by atoms with van der Waals surface area (Å²) in [5, 5.41) is 17.9. The molecule has 0 spiro atoms. The third-order valence-corrected chi connectivity index (χ3v) is 5.34. The van der Waals surface area contributed by atoms with Gasteiger partial charge in [-0.15, -0.1) is 23.2 Å². The molecule has 3 nitrogen and oxygen atoms in total. The minimum absolute atomic E-state index is 0.291. The van der Waals surface area contributed by atoms with Crippen molar-refractivity contribution in [2.75, 3.05) is 0 Å². The number of aliphatic hydroxyl groups excluding tert-OH is 1. The van der Waals surface area contributed by atoms with Crippen molar-refractivity contribution < 1.29 is 15.0 Å². The first-order valence-corrected chi connectivity index (χ1v) is 9.58. The summed E-state index contributed by atoms with van der Waals surface area (Å²) in [6.45, 7) is 0. The van der Waals surface area contributed by atoms with Crippen LogP contribution in [0.1, 0.15) is 50.5 Å². The van der Waals surface area contributed by atoms with Crippen LogP contribution in [0.3, 0.4) is 0 Å². The second-order valence-electron chi connectivity index (χ2n) is 6.07. The van der Waals surface area contributed by atoms with E-state index >= 15 is 0 Å². The molecule has 0 aromatic heterocycles. The molecule has 136 valence electrons. The maximum atomic E-state index is 10.7. The minimum atomic E-state index is -1.07. The van der Waals surface area contributed by atoms with Crippen molar-refractivity contribution in [3.05, 3.63) is 34.9 Å². The van der Waals surface area contributed by atoms with Gasteiger partial charge < -0.3 is 10.2 Å². The summed E-state index contributed by atoms with van der Waals surface area (Å²) in [7, 11) is 0. The summed E-state index contributed by atoms with van der Waals surface area (Å²) in [4.78, 5) is 10.7. The molecule has 0 aliphatic carbocycles. The van der Waals surface area contributed by atoms with Gasteiger partial charge in [0.2, 0.25) is 0 Å². The highest BCUT2D eigenvalue weighted by molar-refractivity contribution is 6.36. The highest BCUT2D eigenvalue weighted by Crippen LogP contribution is 2.19. The smallest absolute Gasteiger partial charge is 0.323 e. The molecule has 0 saturated heterocycles. The van der Waals surface area contributed by atoms with Gasteiger partial charge in [-0.25, -0.2) is 0 Å². The van der Waals surface area contributed by atoms with Crippen LogP contribution in [-0.4, -0.2) is 33.0 Å². The summed E-state index contributed by atoms with van der Waals surface area (Å²) in [6.07, 6.45) is 6.46. The van der Waals surface area contributed by atoms with Crippen molar-refractivity contribution in [1.82, 2.24) is 0 Å². The molecule has 0 heterocycles. The molecule has 0 fully saturated rings. The summed E-state index contributed by atoms with van der Waals surface area (Å²) in [5.74, 6) is -1.07. The van der Waals surface area contributed by atoms with Crippen molar-refractivity contribution in [1.29, 1.82) is 0 Å². The fraction of sp³-hybridized carbons (Fsp3) is 0.611. The molecule has 0 saturated carbocycles. The first-order valence-electron chi connectivity index (χ1n) is 8.33. The summed E-state index contributed by atoms with van der Waals surface area (Å²) in [5.41, 5.74) is 1.18. The van der Waals surface area contributed by atoms with Crippen molar-refractivity contribution in [3.8, 4) is 0 Å². The molecule has 0 aliphatic heterocycles. The van der Waals surface area contributed by atoms with E-state index in [0.29, 0.717) is 6.42 Å². The standard InChI is InChI=1S/C18H25Cl3O3/c19-14-10-7-13(8-11-14)9-12-15(22)5-3-1-2-4-6-16(20)17(21)18(23)24/h7-8,10-11,15-17,22H,1-6,9,12H2,(H,23,24). The first-order chi connectivity index (χ1) is 11.4. The number of hydrogen-bond donors (Lipinski definition) is 2. The van der Waals surface area contributed by atoms with Crippen LogP contribution >= 0.6 is 34.8 Å². The molecule has 0 bridgehead atoms. The predicted octanol–water partition coefficient (Wildman–Crippen LogP) is 5.27. The molecule has 3 unspecified atom stereocenters. The fourth-order valence-electron chi connectivity index (χ4n) is 2.50.